The van der Waals surface area contributed by atoms with Crippen molar-refractivity contribution in [1.82, 2.24) is 9.55 Å². The van der Waals surface area contributed by atoms with Gasteiger partial charge in [0.05, 0.1) is 11.0 Å². The van der Waals surface area contributed by atoms with Gasteiger partial charge in [0, 0.05) is 16.3 Å². The fourth-order valence-electron chi connectivity index (χ4n) is 1.86. The molecule has 0 saturated heterocycles. The van der Waals surface area contributed by atoms with E-state index in [-0.39, 0.29) is 0 Å². The maximum absolute atomic E-state index is 5.96. The Morgan fingerprint density at radius 3 is 3.00 bits per heavy atom. The Labute approximate surface area is 108 Å². The number of hydrogen-bond donors (Lipinski definition) is 1. The van der Waals surface area contributed by atoms with Crippen LogP contribution in [0.15, 0.2) is 22.7 Å². The summed E-state index contributed by atoms with van der Waals surface area (Å²) >= 11 is 5.29. The molecule has 1 aromatic heterocycles. The van der Waals surface area contributed by atoms with Crippen molar-refractivity contribution in [2.45, 2.75) is 13.0 Å². The second-order valence-electron chi connectivity index (χ2n) is 3.78. The van der Waals surface area contributed by atoms with E-state index in [4.69, 9.17) is 5.73 Å². The van der Waals surface area contributed by atoms with Gasteiger partial charge in [-0.3, -0.25) is 0 Å². The summed E-state index contributed by atoms with van der Waals surface area (Å²) in [4.78, 5) is 4.37. The first-order valence-electron chi connectivity index (χ1n) is 5.05. The van der Waals surface area contributed by atoms with Crippen molar-refractivity contribution < 1.29 is 0 Å². The van der Waals surface area contributed by atoms with E-state index in [1.165, 1.54) is 0 Å². The Balaban J connectivity index is 2.58. The molecule has 1 unspecified atom stereocenters. The fraction of sp³-hybridized carbons (Fsp3) is 0.364. The van der Waals surface area contributed by atoms with Gasteiger partial charge in [-0.05, 0) is 31.4 Å². The summed E-state index contributed by atoms with van der Waals surface area (Å²) in [5.74, 6) is 1.62. The minimum atomic E-state index is 0.356. The van der Waals surface area contributed by atoms with E-state index in [0.717, 1.165) is 21.3 Å². The van der Waals surface area contributed by atoms with Crippen LogP contribution >= 0.6 is 27.7 Å². The molecule has 1 aromatic carbocycles. The van der Waals surface area contributed by atoms with Gasteiger partial charge in [0.15, 0.2) is 0 Å². The number of rotatable bonds is 3. The molecule has 0 aliphatic carbocycles. The molecule has 5 heteroatoms. The fourth-order valence-corrected chi connectivity index (χ4v) is 2.84. The van der Waals surface area contributed by atoms with E-state index in [0.29, 0.717) is 12.0 Å². The molecule has 16 heavy (non-hydrogen) atoms. The molecule has 0 saturated carbocycles. The lowest BCUT2D eigenvalue weighted by atomic mass is 10.3. The zero-order chi connectivity index (χ0) is 11.7. The molecular weight excluding hydrogens is 286 g/mol. The number of hydrogen-bond acceptors (Lipinski definition) is 3. The summed E-state index contributed by atoms with van der Waals surface area (Å²) in [5, 5.41) is 0. The van der Waals surface area contributed by atoms with Crippen LogP contribution in [-0.2, 0) is 0 Å². The van der Waals surface area contributed by atoms with Gasteiger partial charge in [0.2, 0.25) is 5.95 Å². The van der Waals surface area contributed by atoms with E-state index in [2.05, 4.69) is 44.7 Å². The average Bonchev–Trinajstić information content (AvgIpc) is 2.53. The first-order valence-corrected chi connectivity index (χ1v) is 7.24. The number of imidazole rings is 1. The molecular formula is C11H14BrN3S. The first-order chi connectivity index (χ1) is 7.63. The molecule has 2 rings (SSSR count). The number of thioether (sulfide) groups is 1. The van der Waals surface area contributed by atoms with E-state index in [1.807, 2.05) is 23.9 Å². The second kappa shape index (κ2) is 4.67. The lowest BCUT2D eigenvalue weighted by molar-refractivity contribution is 0.637. The normalized spacial score (nSPS) is 13.2. The maximum atomic E-state index is 5.96. The summed E-state index contributed by atoms with van der Waals surface area (Å²) in [6.45, 7) is 2.16. The van der Waals surface area contributed by atoms with Gasteiger partial charge in [0.25, 0.3) is 0 Å². The highest BCUT2D eigenvalue weighted by Crippen LogP contribution is 2.26. The van der Waals surface area contributed by atoms with Gasteiger partial charge in [-0.15, -0.1) is 0 Å². The number of fused-ring (bicyclic) bond motifs is 1. The van der Waals surface area contributed by atoms with Gasteiger partial charge in [-0.25, -0.2) is 4.98 Å². The molecule has 0 radical (unpaired) electrons. The van der Waals surface area contributed by atoms with Crippen LogP contribution < -0.4 is 5.73 Å². The van der Waals surface area contributed by atoms with Gasteiger partial charge in [0.1, 0.15) is 0 Å². The molecule has 1 heterocycles. The van der Waals surface area contributed by atoms with Crippen molar-refractivity contribution in [3.05, 3.63) is 22.7 Å². The van der Waals surface area contributed by atoms with Crippen molar-refractivity contribution in [3.8, 4) is 0 Å². The molecule has 0 amide bonds. The molecule has 0 spiro atoms. The monoisotopic (exact) mass is 299 g/mol. The molecule has 0 aliphatic heterocycles. The van der Waals surface area contributed by atoms with E-state index < -0.39 is 0 Å². The standard InChI is InChI=1S/C11H14BrN3S/c1-7(6-16-2)15-10-5-8(12)3-4-9(10)14-11(15)13/h3-5,7H,6H2,1-2H3,(H2,13,14). The predicted molar refractivity (Wildman–Crippen MR) is 74.9 cm³/mol. The van der Waals surface area contributed by atoms with Crippen LogP contribution in [0.4, 0.5) is 5.95 Å². The summed E-state index contributed by atoms with van der Waals surface area (Å²) in [6, 6.07) is 6.39. The molecule has 86 valence electrons. The van der Waals surface area contributed by atoms with Gasteiger partial charge in [-0.1, -0.05) is 15.9 Å². The maximum Gasteiger partial charge on any atom is 0.201 e. The van der Waals surface area contributed by atoms with Crippen molar-refractivity contribution in [2.24, 2.45) is 0 Å². The van der Waals surface area contributed by atoms with E-state index in [9.17, 15) is 0 Å². The topological polar surface area (TPSA) is 43.8 Å². The molecule has 0 aliphatic rings. The first kappa shape index (κ1) is 11.8. The number of halogens is 1. The molecule has 3 nitrogen and oxygen atoms in total. The molecule has 2 aromatic rings. The molecule has 2 N–H and O–H groups in total. The Morgan fingerprint density at radius 1 is 1.56 bits per heavy atom. The summed E-state index contributed by atoms with van der Waals surface area (Å²) < 4.78 is 3.15. The zero-order valence-electron chi connectivity index (χ0n) is 9.27. The summed E-state index contributed by atoms with van der Waals surface area (Å²) in [6.07, 6.45) is 2.10. The number of nitrogen functional groups attached to an aromatic ring is 1. The number of anilines is 1. The third kappa shape index (κ3) is 2.06. The second-order valence-corrected chi connectivity index (χ2v) is 5.60. The van der Waals surface area contributed by atoms with Gasteiger partial charge >= 0.3 is 0 Å². The third-order valence-electron chi connectivity index (χ3n) is 2.53. The Kier molecular flexibility index (Phi) is 3.44. The van der Waals surface area contributed by atoms with Crippen LogP contribution in [0.5, 0.6) is 0 Å². The highest BCUT2D eigenvalue weighted by molar-refractivity contribution is 9.10. The summed E-state index contributed by atoms with van der Waals surface area (Å²) in [5.41, 5.74) is 8.01. The lowest BCUT2D eigenvalue weighted by Crippen LogP contribution is -2.10. The highest BCUT2D eigenvalue weighted by atomic mass is 79.9. The van der Waals surface area contributed by atoms with Crippen LogP contribution in [0.3, 0.4) is 0 Å². The quantitative estimate of drug-likeness (QED) is 0.946. The van der Waals surface area contributed by atoms with Crippen LogP contribution in [0, 0.1) is 0 Å². The Hall–Kier alpha value is -0.680. The zero-order valence-corrected chi connectivity index (χ0v) is 11.7. The highest BCUT2D eigenvalue weighted by Gasteiger charge is 2.13. The van der Waals surface area contributed by atoms with Crippen molar-refractivity contribution in [1.29, 1.82) is 0 Å². The Morgan fingerprint density at radius 2 is 2.31 bits per heavy atom. The number of aromatic nitrogens is 2. The van der Waals surface area contributed by atoms with Crippen molar-refractivity contribution >= 4 is 44.7 Å². The SMILES string of the molecule is CSCC(C)n1c(N)nc2ccc(Br)cc21. The molecule has 1 atom stereocenters. The lowest BCUT2D eigenvalue weighted by Gasteiger charge is -2.14. The van der Waals surface area contributed by atoms with E-state index >= 15 is 0 Å². The van der Waals surface area contributed by atoms with Crippen LogP contribution in [0.1, 0.15) is 13.0 Å². The van der Waals surface area contributed by atoms with Crippen LogP contribution in [0.25, 0.3) is 11.0 Å². The van der Waals surface area contributed by atoms with Crippen molar-refractivity contribution in [3.63, 3.8) is 0 Å². The smallest absolute Gasteiger partial charge is 0.201 e. The summed E-state index contributed by atoms with van der Waals surface area (Å²) in [7, 11) is 0. The van der Waals surface area contributed by atoms with Crippen LogP contribution in [0.2, 0.25) is 0 Å². The molecule has 0 bridgehead atoms. The Bertz CT molecular complexity index is 509. The number of nitrogens with two attached hydrogens (primary N) is 1. The van der Waals surface area contributed by atoms with Gasteiger partial charge in [-0.2, -0.15) is 11.8 Å². The van der Waals surface area contributed by atoms with E-state index in [1.54, 1.807) is 0 Å². The minimum absolute atomic E-state index is 0.356. The van der Waals surface area contributed by atoms with Crippen molar-refractivity contribution in [2.75, 3.05) is 17.7 Å². The minimum Gasteiger partial charge on any atom is -0.369 e. The predicted octanol–water partition coefficient (Wildman–Crippen LogP) is 3.31. The average molecular weight is 300 g/mol. The third-order valence-corrected chi connectivity index (χ3v) is 3.84. The van der Waals surface area contributed by atoms with Gasteiger partial charge < -0.3 is 10.3 Å². The largest absolute Gasteiger partial charge is 0.369 e. The number of benzene rings is 1. The number of nitrogens with zero attached hydrogens (tertiary/aromatic N) is 2. The van der Waals surface area contributed by atoms with Crippen LogP contribution in [-0.4, -0.2) is 21.6 Å². The molecule has 0 fully saturated rings.